The summed E-state index contributed by atoms with van der Waals surface area (Å²) < 4.78 is 5.38. The summed E-state index contributed by atoms with van der Waals surface area (Å²) in [6.07, 6.45) is 2.61. The van der Waals surface area contributed by atoms with Crippen LogP contribution in [0.5, 0.6) is 0 Å². The molecule has 0 saturated carbocycles. The molecule has 0 aliphatic carbocycles. The molecule has 2 nitrogen and oxygen atoms in total. The molecule has 1 radical (unpaired) electrons. The number of hydrogen-bond donors (Lipinski definition) is 1. The molecule has 0 aromatic heterocycles. The Morgan fingerprint density at radius 1 is 1.23 bits per heavy atom. The Balaban J connectivity index is 2.07. The van der Waals surface area contributed by atoms with Crippen molar-refractivity contribution in [2.24, 2.45) is 0 Å². The molecular weight excluding hydrogens is 164 g/mol. The van der Waals surface area contributed by atoms with E-state index in [4.69, 9.17) is 9.84 Å². The first-order valence-electron chi connectivity index (χ1n) is 4.47. The Bertz CT molecular complexity index is 209. The van der Waals surface area contributed by atoms with Crippen molar-refractivity contribution >= 4 is 0 Å². The molecule has 71 valence electrons. The number of benzene rings is 1. The van der Waals surface area contributed by atoms with Crippen LogP contribution in [0.25, 0.3) is 0 Å². The zero-order valence-corrected chi connectivity index (χ0v) is 7.65. The second-order valence-electron chi connectivity index (χ2n) is 2.80. The topological polar surface area (TPSA) is 29.5 Å². The van der Waals surface area contributed by atoms with E-state index >= 15 is 0 Å². The molecule has 1 aromatic rings. The highest BCUT2D eigenvalue weighted by atomic mass is 16.5. The van der Waals surface area contributed by atoms with Crippen LogP contribution < -0.4 is 0 Å². The summed E-state index contributed by atoms with van der Waals surface area (Å²) >= 11 is 0. The number of ether oxygens (including phenoxy) is 1. The molecule has 0 spiro atoms. The Labute approximate surface area is 79.2 Å². The van der Waals surface area contributed by atoms with Gasteiger partial charge in [0.1, 0.15) is 0 Å². The summed E-state index contributed by atoms with van der Waals surface area (Å²) in [5.41, 5.74) is 1.19. The van der Waals surface area contributed by atoms with Crippen molar-refractivity contribution in [3.63, 3.8) is 0 Å². The van der Waals surface area contributed by atoms with E-state index in [9.17, 15) is 0 Å². The first-order chi connectivity index (χ1) is 6.43. The van der Waals surface area contributed by atoms with Gasteiger partial charge < -0.3 is 9.84 Å². The lowest BCUT2D eigenvalue weighted by molar-refractivity contribution is 0.121. The quantitative estimate of drug-likeness (QED) is 0.675. The molecule has 0 fully saturated rings. The molecule has 0 bridgehead atoms. The van der Waals surface area contributed by atoms with Crippen LogP contribution in [0.1, 0.15) is 12.0 Å². The second kappa shape index (κ2) is 6.63. The molecule has 0 heterocycles. The molecule has 13 heavy (non-hydrogen) atoms. The minimum absolute atomic E-state index is 0.134. The summed E-state index contributed by atoms with van der Waals surface area (Å²) in [5, 5.41) is 8.47. The van der Waals surface area contributed by atoms with Crippen LogP contribution in [-0.2, 0) is 11.3 Å². The van der Waals surface area contributed by atoms with E-state index in [2.05, 4.69) is 0 Å². The Hall–Kier alpha value is -0.860. The Morgan fingerprint density at radius 3 is 2.69 bits per heavy atom. The van der Waals surface area contributed by atoms with Gasteiger partial charge in [0, 0.05) is 13.2 Å². The van der Waals surface area contributed by atoms with Crippen LogP contribution in [0.2, 0.25) is 0 Å². The number of aliphatic hydroxyl groups excluding tert-OH is 1. The third kappa shape index (κ3) is 4.65. The van der Waals surface area contributed by atoms with Crippen LogP contribution in [0.3, 0.4) is 0 Å². The molecule has 0 atom stereocenters. The monoisotopic (exact) mass is 179 g/mol. The minimum Gasteiger partial charge on any atom is -0.396 e. The molecule has 0 unspecified atom stereocenters. The third-order valence-corrected chi connectivity index (χ3v) is 1.71. The fraction of sp³-hybridized carbons (Fsp3) is 0.364. The molecule has 0 aliphatic rings. The fourth-order valence-corrected chi connectivity index (χ4v) is 1.02. The van der Waals surface area contributed by atoms with Gasteiger partial charge >= 0.3 is 0 Å². The van der Waals surface area contributed by atoms with Gasteiger partial charge in [0.15, 0.2) is 0 Å². The van der Waals surface area contributed by atoms with Gasteiger partial charge in [0.05, 0.1) is 6.61 Å². The average Bonchev–Trinajstić information content (AvgIpc) is 2.19. The van der Waals surface area contributed by atoms with Gasteiger partial charge in [0.25, 0.3) is 0 Å². The summed E-state index contributed by atoms with van der Waals surface area (Å²) in [7, 11) is 0. The largest absolute Gasteiger partial charge is 0.396 e. The van der Waals surface area contributed by atoms with Crippen molar-refractivity contribution in [1.82, 2.24) is 0 Å². The maximum Gasteiger partial charge on any atom is 0.0716 e. The van der Waals surface area contributed by atoms with Crippen LogP contribution in [0, 0.1) is 6.42 Å². The van der Waals surface area contributed by atoms with E-state index < -0.39 is 0 Å². The number of rotatable bonds is 6. The van der Waals surface area contributed by atoms with Gasteiger partial charge in [0.2, 0.25) is 0 Å². The van der Waals surface area contributed by atoms with Crippen LogP contribution >= 0.6 is 0 Å². The van der Waals surface area contributed by atoms with Crippen molar-refractivity contribution in [3.8, 4) is 0 Å². The second-order valence-corrected chi connectivity index (χ2v) is 2.80. The first kappa shape index (κ1) is 10.2. The van der Waals surface area contributed by atoms with Gasteiger partial charge in [-0.3, -0.25) is 0 Å². The minimum atomic E-state index is 0.134. The molecule has 2 heteroatoms. The highest BCUT2D eigenvalue weighted by Gasteiger charge is 1.91. The van der Waals surface area contributed by atoms with Gasteiger partial charge in [-0.2, -0.15) is 0 Å². The highest BCUT2D eigenvalue weighted by molar-refractivity contribution is 5.13. The van der Waals surface area contributed by atoms with Crippen LogP contribution in [0.15, 0.2) is 30.3 Å². The Kier molecular flexibility index (Phi) is 5.22. The van der Waals surface area contributed by atoms with Crippen molar-refractivity contribution in [1.29, 1.82) is 0 Å². The van der Waals surface area contributed by atoms with E-state index in [0.29, 0.717) is 13.2 Å². The molecule has 1 rings (SSSR count). The van der Waals surface area contributed by atoms with Crippen LogP contribution in [-0.4, -0.2) is 18.3 Å². The molecular formula is C11H15O2. The van der Waals surface area contributed by atoms with Gasteiger partial charge in [-0.05, 0) is 18.4 Å². The van der Waals surface area contributed by atoms with E-state index in [0.717, 1.165) is 6.42 Å². The lowest BCUT2D eigenvalue weighted by Crippen LogP contribution is -1.96. The molecule has 0 aliphatic heterocycles. The van der Waals surface area contributed by atoms with Crippen molar-refractivity contribution in [2.45, 2.75) is 13.0 Å². The fourth-order valence-electron chi connectivity index (χ4n) is 1.02. The van der Waals surface area contributed by atoms with E-state index in [1.54, 1.807) is 6.42 Å². The standard InChI is InChI=1S/C11H15O2/c12-8-4-5-9-13-10-11-6-2-1-3-7-11/h1-4,6-7,12H,5,8-10H2. The summed E-state index contributed by atoms with van der Waals surface area (Å²) in [4.78, 5) is 0. The average molecular weight is 179 g/mol. The van der Waals surface area contributed by atoms with Crippen molar-refractivity contribution in [3.05, 3.63) is 42.3 Å². The summed E-state index contributed by atoms with van der Waals surface area (Å²) in [6.45, 7) is 1.46. The predicted octanol–water partition coefficient (Wildman–Crippen LogP) is 1.79. The molecule has 1 N–H and O–H groups in total. The molecule has 1 aromatic carbocycles. The highest BCUT2D eigenvalue weighted by Crippen LogP contribution is 2.00. The van der Waals surface area contributed by atoms with E-state index in [1.807, 2.05) is 30.3 Å². The number of hydrogen-bond acceptors (Lipinski definition) is 2. The normalized spacial score (nSPS) is 10.2. The lowest BCUT2D eigenvalue weighted by atomic mass is 10.2. The first-order valence-corrected chi connectivity index (χ1v) is 4.47. The Morgan fingerprint density at radius 2 is 2.00 bits per heavy atom. The van der Waals surface area contributed by atoms with E-state index in [1.165, 1.54) is 5.56 Å². The SMILES string of the molecule is OC[CH]CCOCc1ccccc1. The van der Waals surface area contributed by atoms with Crippen LogP contribution in [0.4, 0.5) is 0 Å². The lowest BCUT2D eigenvalue weighted by Gasteiger charge is -2.02. The van der Waals surface area contributed by atoms with E-state index in [-0.39, 0.29) is 6.61 Å². The predicted molar refractivity (Wildman–Crippen MR) is 52.1 cm³/mol. The van der Waals surface area contributed by atoms with Gasteiger partial charge in [-0.25, -0.2) is 0 Å². The summed E-state index contributed by atoms with van der Waals surface area (Å²) in [6, 6.07) is 10.1. The molecule has 0 amide bonds. The van der Waals surface area contributed by atoms with Gasteiger partial charge in [-0.15, -0.1) is 0 Å². The smallest absolute Gasteiger partial charge is 0.0716 e. The molecule has 0 saturated heterocycles. The van der Waals surface area contributed by atoms with Gasteiger partial charge in [-0.1, -0.05) is 30.3 Å². The van der Waals surface area contributed by atoms with Crippen molar-refractivity contribution in [2.75, 3.05) is 13.2 Å². The zero-order chi connectivity index (χ0) is 9.36. The maximum absolute atomic E-state index is 8.47. The maximum atomic E-state index is 8.47. The summed E-state index contributed by atoms with van der Waals surface area (Å²) in [5.74, 6) is 0. The number of aliphatic hydroxyl groups is 1. The third-order valence-electron chi connectivity index (χ3n) is 1.71. The van der Waals surface area contributed by atoms with Crippen molar-refractivity contribution < 1.29 is 9.84 Å². The number of unbranched alkanes of at least 4 members (excludes halogenated alkanes) is 1. The zero-order valence-electron chi connectivity index (χ0n) is 7.65.